The first-order chi connectivity index (χ1) is 6.88. The van der Waals surface area contributed by atoms with E-state index in [0.717, 1.165) is 6.54 Å². The maximum Gasteiger partial charge on any atom is 0.124 e. The van der Waals surface area contributed by atoms with Crippen molar-refractivity contribution in [2.75, 3.05) is 6.54 Å². The summed E-state index contributed by atoms with van der Waals surface area (Å²) in [7, 11) is 0. The first kappa shape index (κ1) is 12.3. The molecule has 1 aliphatic rings. The van der Waals surface area contributed by atoms with Gasteiger partial charge in [0.15, 0.2) is 0 Å². The molecule has 15 heavy (non-hydrogen) atoms. The SMILES string of the molecule is CCCN1C=NN(C(C)C)C1C(C)(C)C. The largest absolute Gasteiger partial charge is 0.339 e. The number of rotatable bonds is 3. The summed E-state index contributed by atoms with van der Waals surface area (Å²) < 4.78 is 0. The Kier molecular flexibility index (Phi) is 3.63. The molecule has 0 aromatic carbocycles. The molecule has 1 unspecified atom stereocenters. The van der Waals surface area contributed by atoms with Crippen molar-refractivity contribution in [1.82, 2.24) is 9.91 Å². The van der Waals surface area contributed by atoms with Crippen LogP contribution in [0, 0.1) is 5.41 Å². The molecule has 1 aliphatic heterocycles. The van der Waals surface area contributed by atoms with Crippen molar-refractivity contribution in [1.29, 1.82) is 0 Å². The molecule has 0 spiro atoms. The molecule has 0 amide bonds. The fraction of sp³-hybridized carbons (Fsp3) is 0.917. The lowest BCUT2D eigenvalue weighted by molar-refractivity contribution is 0.0163. The predicted octanol–water partition coefficient (Wildman–Crippen LogP) is 2.74. The van der Waals surface area contributed by atoms with Gasteiger partial charge in [-0.1, -0.05) is 27.7 Å². The molecule has 0 aliphatic carbocycles. The number of hydrogen-bond acceptors (Lipinski definition) is 3. The summed E-state index contributed by atoms with van der Waals surface area (Å²) in [6, 6.07) is 0.465. The lowest BCUT2D eigenvalue weighted by Crippen LogP contribution is -2.50. The van der Waals surface area contributed by atoms with E-state index in [1.54, 1.807) is 0 Å². The molecule has 1 atom stereocenters. The summed E-state index contributed by atoms with van der Waals surface area (Å²) in [6.07, 6.45) is 3.57. The first-order valence-electron chi connectivity index (χ1n) is 5.96. The lowest BCUT2D eigenvalue weighted by Gasteiger charge is -2.41. The van der Waals surface area contributed by atoms with Crippen molar-refractivity contribution >= 4 is 6.34 Å². The summed E-state index contributed by atoms with van der Waals surface area (Å²) in [6.45, 7) is 14.6. The van der Waals surface area contributed by atoms with Gasteiger partial charge in [0.1, 0.15) is 12.5 Å². The normalized spacial score (nSPS) is 21.9. The summed E-state index contributed by atoms with van der Waals surface area (Å²) >= 11 is 0. The van der Waals surface area contributed by atoms with E-state index in [-0.39, 0.29) is 5.41 Å². The second-order valence-electron chi connectivity index (χ2n) is 5.68. The van der Waals surface area contributed by atoms with Crippen molar-refractivity contribution in [3.8, 4) is 0 Å². The van der Waals surface area contributed by atoms with Crippen molar-refractivity contribution in [3.05, 3.63) is 0 Å². The second kappa shape index (κ2) is 4.42. The van der Waals surface area contributed by atoms with Crippen LogP contribution < -0.4 is 0 Å². The average molecular weight is 211 g/mol. The highest BCUT2D eigenvalue weighted by atomic mass is 15.6. The van der Waals surface area contributed by atoms with E-state index in [4.69, 9.17) is 0 Å². The predicted molar refractivity (Wildman–Crippen MR) is 65.7 cm³/mol. The van der Waals surface area contributed by atoms with Gasteiger partial charge >= 0.3 is 0 Å². The van der Waals surface area contributed by atoms with Gasteiger partial charge in [-0.05, 0) is 20.3 Å². The highest BCUT2D eigenvalue weighted by Gasteiger charge is 2.38. The molecular weight excluding hydrogens is 186 g/mol. The summed E-state index contributed by atoms with van der Waals surface area (Å²) in [5, 5.41) is 6.74. The van der Waals surface area contributed by atoms with Gasteiger partial charge in [-0.25, -0.2) is 0 Å². The third-order valence-electron chi connectivity index (χ3n) is 2.68. The third-order valence-corrected chi connectivity index (χ3v) is 2.68. The van der Waals surface area contributed by atoms with E-state index in [1.807, 2.05) is 6.34 Å². The van der Waals surface area contributed by atoms with Crippen molar-refractivity contribution < 1.29 is 0 Å². The summed E-state index contributed by atoms with van der Waals surface area (Å²) in [5.41, 5.74) is 0.232. The average Bonchev–Trinajstić information content (AvgIpc) is 2.47. The lowest BCUT2D eigenvalue weighted by atomic mass is 9.90. The second-order valence-corrected chi connectivity index (χ2v) is 5.68. The van der Waals surface area contributed by atoms with Gasteiger partial charge in [-0.3, -0.25) is 5.01 Å². The Morgan fingerprint density at radius 3 is 2.33 bits per heavy atom. The van der Waals surface area contributed by atoms with Gasteiger partial charge in [0.05, 0.1) is 0 Å². The summed E-state index contributed by atoms with van der Waals surface area (Å²) in [5.74, 6) is 0. The Bertz CT molecular complexity index is 228. The molecule has 0 radical (unpaired) electrons. The molecule has 0 fully saturated rings. The molecule has 0 bridgehead atoms. The van der Waals surface area contributed by atoms with E-state index in [2.05, 4.69) is 56.6 Å². The highest BCUT2D eigenvalue weighted by molar-refractivity contribution is 5.57. The molecule has 0 saturated heterocycles. The van der Waals surface area contributed by atoms with E-state index >= 15 is 0 Å². The highest BCUT2D eigenvalue weighted by Crippen LogP contribution is 2.31. The van der Waals surface area contributed by atoms with E-state index in [9.17, 15) is 0 Å². The number of hydrazone groups is 1. The monoisotopic (exact) mass is 211 g/mol. The molecule has 3 nitrogen and oxygen atoms in total. The minimum atomic E-state index is 0.232. The quantitative estimate of drug-likeness (QED) is 0.715. The minimum absolute atomic E-state index is 0.232. The fourth-order valence-electron chi connectivity index (χ4n) is 2.15. The molecule has 3 heteroatoms. The van der Waals surface area contributed by atoms with Crippen LogP contribution in [-0.4, -0.2) is 35.0 Å². The molecular formula is C12H25N3. The van der Waals surface area contributed by atoms with Crippen LogP contribution in [0.15, 0.2) is 5.10 Å². The van der Waals surface area contributed by atoms with Crippen LogP contribution in [0.3, 0.4) is 0 Å². The maximum absolute atomic E-state index is 4.52. The van der Waals surface area contributed by atoms with Crippen LogP contribution in [-0.2, 0) is 0 Å². The van der Waals surface area contributed by atoms with Gasteiger partial charge in [-0.15, -0.1) is 0 Å². The zero-order valence-corrected chi connectivity index (χ0v) is 11.0. The van der Waals surface area contributed by atoms with E-state index in [1.165, 1.54) is 6.42 Å². The van der Waals surface area contributed by atoms with Crippen molar-refractivity contribution in [2.24, 2.45) is 10.5 Å². The number of hydrogen-bond donors (Lipinski definition) is 0. The van der Waals surface area contributed by atoms with Crippen LogP contribution in [0.4, 0.5) is 0 Å². The number of nitrogens with zero attached hydrogens (tertiary/aromatic N) is 3. The molecule has 0 aromatic heterocycles. The zero-order chi connectivity index (χ0) is 11.6. The van der Waals surface area contributed by atoms with Crippen LogP contribution in [0.2, 0.25) is 0 Å². The Balaban J connectivity index is 2.82. The standard InChI is InChI=1S/C12H25N3/c1-7-8-14-9-13-15(10(2)3)11(14)12(4,5)6/h9-11H,7-8H2,1-6H3. The topological polar surface area (TPSA) is 18.8 Å². The minimum Gasteiger partial charge on any atom is -0.339 e. The van der Waals surface area contributed by atoms with E-state index < -0.39 is 0 Å². The Labute approximate surface area is 94.1 Å². The van der Waals surface area contributed by atoms with Crippen LogP contribution in [0.5, 0.6) is 0 Å². The van der Waals surface area contributed by atoms with Crippen molar-refractivity contribution in [2.45, 2.75) is 60.2 Å². The molecule has 0 saturated carbocycles. The third kappa shape index (κ3) is 2.64. The smallest absolute Gasteiger partial charge is 0.124 e. The van der Waals surface area contributed by atoms with Gasteiger partial charge in [0, 0.05) is 18.0 Å². The van der Waals surface area contributed by atoms with Gasteiger partial charge < -0.3 is 4.90 Å². The van der Waals surface area contributed by atoms with Crippen LogP contribution in [0.25, 0.3) is 0 Å². The van der Waals surface area contributed by atoms with Gasteiger partial charge in [0.2, 0.25) is 0 Å². The van der Waals surface area contributed by atoms with Crippen LogP contribution >= 0.6 is 0 Å². The zero-order valence-electron chi connectivity index (χ0n) is 11.0. The van der Waals surface area contributed by atoms with Gasteiger partial charge in [0.25, 0.3) is 0 Å². The van der Waals surface area contributed by atoms with Crippen LogP contribution in [0.1, 0.15) is 48.0 Å². The fourth-order valence-corrected chi connectivity index (χ4v) is 2.15. The Morgan fingerprint density at radius 1 is 1.33 bits per heavy atom. The molecule has 1 rings (SSSR count). The molecule has 0 N–H and O–H groups in total. The summed E-state index contributed by atoms with van der Waals surface area (Å²) in [4.78, 5) is 2.36. The van der Waals surface area contributed by atoms with Gasteiger partial charge in [-0.2, -0.15) is 5.10 Å². The molecule has 88 valence electrons. The first-order valence-corrected chi connectivity index (χ1v) is 5.96. The molecule has 1 heterocycles. The van der Waals surface area contributed by atoms with E-state index in [0.29, 0.717) is 12.2 Å². The Morgan fingerprint density at radius 2 is 1.93 bits per heavy atom. The van der Waals surface area contributed by atoms with Crippen molar-refractivity contribution in [3.63, 3.8) is 0 Å². The Hall–Kier alpha value is -0.730. The molecule has 0 aromatic rings. The maximum atomic E-state index is 4.52.